The van der Waals surface area contributed by atoms with Crippen LogP contribution in [0.1, 0.15) is 53.5 Å². The van der Waals surface area contributed by atoms with Gasteiger partial charge >= 0.3 is 0 Å². The van der Waals surface area contributed by atoms with Gasteiger partial charge in [0.1, 0.15) is 0 Å². The number of pyridine rings is 1. The molecule has 1 saturated carbocycles. The Labute approximate surface area is 142 Å². The first-order valence-corrected chi connectivity index (χ1v) is 8.51. The van der Waals surface area contributed by atoms with E-state index in [1.807, 2.05) is 42.7 Å². The van der Waals surface area contributed by atoms with Crippen LogP contribution in [0.3, 0.4) is 0 Å². The summed E-state index contributed by atoms with van der Waals surface area (Å²) in [5.74, 6) is -0.0906. The van der Waals surface area contributed by atoms with Gasteiger partial charge in [-0.2, -0.15) is 5.10 Å². The highest BCUT2D eigenvalue weighted by molar-refractivity contribution is 5.95. The highest BCUT2D eigenvalue weighted by atomic mass is 16.1. The lowest BCUT2D eigenvalue weighted by atomic mass is 10.2. The molecule has 0 spiro atoms. The van der Waals surface area contributed by atoms with E-state index in [2.05, 4.69) is 15.4 Å². The fourth-order valence-electron chi connectivity index (χ4n) is 3.40. The van der Waals surface area contributed by atoms with Crippen LogP contribution in [-0.2, 0) is 6.54 Å². The van der Waals surface area contributed by atoms with Crippen LogP contribution in [-0.4, -0.2) is 34.8 Å². The van der Waals surface area contributed by atoms with Gasteiger partial charge in [0.2, 0.25) is 0 Å². The van der Waals surface area contributed by atoms with Gasteiger partial charge in [0.25, 0.3) is 5.91 Å². The largest absolute Gasteiger partial charge is 0.376 e. The maximum atomic E-state index is 12.5. The molecule has 6 nitrogen and oxygen atoms in total. The zero-order valence-electron chi connectivity index (χ0n) is 14.6. The standard InChI is InChI=1S/C18H25N5O/c1-13-15(11-21-23(13)14-7-4-5-8-14)18(24)20-12-16-17(22(2)3)9-6-10-19-16/h6,9-11,14H,4-5,7-8,12H2,1-3H3,(H,20,24). The Morgan fingerprint density at radius 2 is 2.12 bits per heavy atom. The Morgan fingerprint density at radius 1 is 1.38 bits per heavy atom. The maximum absolute atomic E-state index is 12.5. The van der Waals surface area contributed by atoms with Crippen LogP contribution in [0.5, 0.6) is 0 Å². The smallest absolute Gasteiger partial charge is 0.255 e. The number of nitrogens with one attached hydrogen (secondary N) is 1. The number of hydrogen-bond donors (Lipinski definition) is 1. The molecule has 0 aliphatic heterocycles. The van der Waals surface area contributed by atoms with Crippen LogP contribution in [0, 0.1) is 6.92 Å². The molecular formula is C18H25N5O. The highest BCUT2D eigenvalue weighted by Crippen LogP contribution is 2.30. The highest BCUT2D eigenvalue weighted by Gasteiger charge is 2.22. The van der Waals surface area contributed by atoms with E-state index in [4.69, 9.17) is 0 Å². The minimum Gasteiger partial charge on any atom is -0.376 e. The molecule has 2 heterocycles. The van der Waals surface area contributed by atoms with Gasteiger partial charge in [-0.3, -0.25) is 14.5 Å². The average molecular weight is 327 g/mol. The molecule has 0 saturated heterocycles. The quantitative estimate of drug-likeness (QED) is 0.917. The third-order valence-electron chi connectivity index (χ3n) is 4.72. The third kappa shape index (κ3) is 3.27. The van der Waals surface area contributed by atoms with Crippen molar-refractivity contribution >= 4 is 11.6 Å². The summed E-state index contributed by atoms with van der Waals surface area (Å²) in [7, 11) is 3.94. The molecule has 1 aliphatic carbocycles. The Bertz CT molecular complexity index is 716. The van der Waals surface area contributed by atoms with Crippen LogP contribution in [0.2, 0.25) is 0 Å². The van der Waals surface area contributed by atoms with Crippen molar-refractivity contribution in [2.75, 3.05) is 19.0 Å². The first-order valence-electron chi connectivity index (χ1n) is 8.51. The zero-order valence-corrected chi connectivity index (χ0v) is 14.6. The van der Waals surface area contributed by atoms with Gasteiger partial charge in [-0.1, -0.05) is 12.8 Å². The molecule has 0 aromatic carbocycles. The van der Waals surface area contributed by atoms with E-state index in [0.717, 1.165) is 29.9 Å². The van der Waals surface area contributed by atoms with Crippen LogP contribution < -0.4 is 10.2 Å². The maximum Gasteiger partial charge on any atom is 0.255 e. The van der Waals surface area contributed by atoms with Crippen molar-refractivity contribution in [3.63, 3.8) is 0 Å². The molecule has 128 valence electrons. The predicted octanol–water partition coefficient (Wildman–Crippen LogP) is 2.70. The van der Waals surface area contributed by atoms with Crippen molar-refractivity contribution in [3.05, 3.63) is 41.5 Å². The summed E-state index contributed by atoms with van der Waals surface area (Å²) in [4.78, 5) is 18.9. The van der Waals surface area contributed by atoms with Crippen LogP contribution in [0.4, 0.5) is 5.69 Å². The van der Waals surface area contributed by atoms with E-state index in [-0.39, 0.29) is 5.91 Å². The van der Waals surface area contributed by atoms with Gasteiger partial charge < -0.3 is 10.2 Å². The number of carbonyl (C=O) groups is 1. The first-order chi connectivity index (χ1) is 11.6. The lowest BCUT2D eigenvalue weighted by molar-refractivity contribution is 0.0949. The molecule has 2 aromatic rings. The molecule has 0 atom stereocenters. The van der Waals surface area contributed by atoms with Crippen LogP contribution in [0.15, 0.2) is 24.5 Å². The third-order valence-corrected chi connectivity index (χ3v) is 4.72. The van der Waals surface area contributed by atoms with Crippen LogP contribution >= 0.6 is 0 Å². The van der Waals surface area contributed by atoms with E-state index in [0.29, 0.717) is 18.2 Å². The molecule has 2 aromatic heterocycles. The molecule has 6 heteroatoms. The van der Waals surface area contributed by atoms with Crippen molar-refractivity contribution in [2.24, 2.45) is 0 Å². The van der Waals surface area contributed by atoms with Gasteiger partial charge in [-0.05, 0) is 31.9 Å². The molecule has 1 N–H and O–H groups in total. The minimum absolute atomic E-state index is 0.0906. The van der Waals surface area contributed by atoms with Crippen molar-refractivity contribution in [2.45, 2.75) is 45.2 Å². The van der Waals surface area contributed by atoms with Crippen molar-refractivity contribution in [1.82, 2.24) is 20.1 Å². The molecule has 0 bridgehead atoms. The fourth-order valence-corrected chi connectivity index (χ4v) is 3.40. The second-order valence-electron chi connectivity index (χ2n) is 6.57. The molecule has 24 heavy (non-hydrogen) atoms. The lowest BCUT2D eigenvalue weighted by Gasteiger charge is -2.16. The van der Waals surface area contributed by atoms with Gasteiger partial charge in [0, 0.05) is 26.0 Å². The summed E-state index contributed by atoms with van der Waals surface area (Å²) in [6.07, 6.45) is 8.25. The average Bonchev–Trinajstić information content (AvgIpc) is 3.22. The number of aromatic nitrogens is 3. The van der Waals surface area contributed by atoms with E-state index in [1.54, 1.807) is 12.4 Å². The monoisotopic (exact) mass is 327 g/mol. The first kappa shape index (κ1) is 16.5. The van der Waals surface area contributed by atoms with E-state index in [9.17, 15) is 4.79 Å². The van der Waals surface area contributed by atoms with Gasteiger partial charge in [-0.25, -0.2) is 0 Å². The molecule has 1 aliphatic rings. The SMILES string of the molecule is Cc1c(C(=O)NCc2ncccc2N(C)C)cnn1C1CCCC1. The number of nitrogens with zero attached hydrogens (tertiary/aromatic N) is 4. The summed E-state index contributed by atoms with van der Waals surface area (Å²) in [6, 6.07) is 4.34. The van der Waals surface area contributed by atoms with E-state index < -0.39 is 0 Å². The molecule has 1 fully saturated rings. The minimum atomic E-state index is -0.0906. The second kappa shape index (κ2) is 7.03. The Balaban J connectivity index is 1.70. The lowest BCUT2D eigenvalue weighted by Crippen LogP contribution is -2.25. The van der Waals surface area contributed by atoms with Gasteiger partial charge in [-0.15, -0.1) is 0 Å². The molecule has 0 unspecified atom stereocenters. The number of hydrogen-bond acceptors (Lipinski definition) is 4. The van der Waals surface area contributed by atoms with Crippen molar-refractivity contribution in [1.29, 1.82) is 0 Å². The van der Waals surface area contributed by atoms with Gasteiger partial charge in [0.15, 0.2) is 0 Å². The second-order valence-corrected chi connectivity index (χ2v) is 6.57. The number of rotatable bonds is 5. The summed E-state index contributed by atoms with van der Waals surface area (Å²) in [5.41, 5.74) is 3.48. The summed E-state index contributed by atoms with van der Waals surface area (Å²) < 4.78 is 2.02. The Morgan fingerprint density at radius 3 is 2.83 bits per heavy atom. The molecule has 1 amide bonds. The number of amides is 1. The van der Waals surface area contributed by atoms with Crippen LogP contribution in [0.25, 0.3) is 0 Å². The van der Waals surface area contributed by atoms with Gasteiger partial charge in [0.05, 0.1) is 35.7 Å². The molecular weight excluding hydrogens is 302 g/mol. The normalized spacial score (nSPS) is 14.8. The Hall–Kier alpha value is -2.37. The summed E-state index contributed by atoms with van der Waals surface area (Å²) >= 11 is 0. The molecule has 0 radical (unpaired) electrons. The Kier molecular flexibility index (Phi) is 4.83. The predicted molar refractivity (Wildman–Crippen MR) is 94.2 cm³/mol. The fraction of sp³-hybridized carbons (Fsp3) is 0.500. The summed E-state index contributed by atoms with van der Waals surface area (Å²) in [5, 5.41) is 7.43. The molecule has 3 rings (SSSR count). The van der Waals surface area contributed by atoms with E-state index in [1.165, 1.54) is 12.8 Å². The summed E-state index contributed by atoms with van der Waals surface area (Å²) in [6.45, 7) is 2.38. The van der Waals surface area contributed by atoms with E-state index >= 15 is 0 Å². The van der Waals surface area contributed by atoms with Crippen molar-refractivity contribution in [3.8, 4) is 0 Å². The number of carbonyl (C=O) groups excluding carboxylic acids is 1. The number of anilines is 1. The topological polar surface area (TPSA) is 63.1 Å². The zero-order chi connectivity index (χ0) is 17.1. The van der Waals surface area contributed by atoms with Crippen molar-refractivity contribution < 1.29 is 4.79 Å².